The van der Waals surface area contributed by atoms with Crippen LogP contribution in [0.4, 0.5) is 0 Å². The normalized spacial score (nSPS) is 10.7. The van der Waals surface area contributed by atoms with Crippen LogP contribution in [0.5, 0.6) is 0 Å². The summed E-state index contributed by atoms with van der Waals surface area (Å²) >= 11 is 1.61. The number of tetrazole rings is 1. The molecule has 0 bridgehead atoms. The smallest absolute Gasteiger partial charge is 0.214 e. The van der Waals surface area contributed by atoms with Crippen molar-refractivity contribution in [1.29, 1.82) is 0 Å². The van der Waals surface area contributed by atoms with Crippen LogP contribution in [-0.4, -0.2) is 20.2 Å². The third kappa shape index (κ3) is 3.29. The van der Waals surface area contributed by atoms with E-state index in [4.69, 9.17) is 5.73 Å². The Kier molecular flexibility index (Phi) is 4.28. The van der Waals surface area contributed by atoms with E-state index < -0.39 is 0 Å². The highest BCUT2D eigenvalue weighted by molar-refractivity contribution is 7.98. The van der Waals surface area contributed by atoms with Gasteiger partial charge in [0.25, 0.3) is 0 Å². The van der Waals surface area contributed by atoms with Crippen molar-refractivity contribution in [3.63, 3.8) is 0 Å². The third-order valence-corrected chi connectivity index (χ3v) is 4.03. The first-order valence-corrected chi connectivity index (χ1v) is 7.60. The molecule has 0 spiro atoms. The summed E-state index contributed by atoms with van der Waals surface area (Å²) in [5, 5.41) is 12.7. The molecule has 5 nitrogen and oxygen atoms in total. The molecule has 21 heavy (non-hydrogen) atoms. The minimum absolute atomic E-state index is 0.556. The fourth-order valence-corrected chi connectivity index (χ4v) is 2.83. The Morgan fingerprint density at radius 1 is 1.00 bits per heavy atom. The first kappa shape index (κ1) is 13.8. The third-order valence-electron chi connectivity index (χ3n) is 3.04. The number of thioether (sulfide) groups is 1. The van der Waals surface area contributed by atoms with Gasteiger partial charge in [0.2, 0.25) is 5.16 Å². The lowest BCUT2D eigenvalue weighted by Crippen LogP contribution is -1.99. The number of benzene rings is 2. The summed E-state index contributed by atoms with van der Waals surface area (Å²) < 4.78 is 1.75. The molecule has 0 saturated heterocycles. The molecule has 0 aliphatic rings. The fourth-order valence-electron chi connectivity index (χ4n) is 1.99. The van der Waals surface area contributed by atoms with Crippen LogP contribution in [0.15, 0.2) is 59.8 Å². The lowest BCUT2D eigenvalue weighted by molar-refractivity contribution is 0.756. The Labute approximate surface area is 127 Å². The predicted octanol–water partition coefficient (Wildman–Crippen LogP) is 2.41. The van der Waals surface area contributed by atoms with Crippen LogP contribution in [0, 0.1) is 0 Å². The summed E-state index contributed by atoms with van der Waals surface area (Å²) in [6.45, 7) is 0.556. The zero-order valence-electron chi connectivity index (χ0n) is 11.4. The molecule has 0 aliphatic carbocycles. The van der Waals surface area contributed by atoms with Crippen LogP contribution in [0.25, 0.3) is 5.69 Å². The number of hydrogen-bond acceptors (Lipinski definition) is 5. The van der Waals surface area contributed by atoms with Crippen molar-refractivity contribution in [2.24, 2.45) is 5.73 Å². The molecule has 0 atom stereocenters. The quantitative estimate of drug-likeness (QED) is 0.732. The van der Waals surface area contributed by atoms with Crippen molar-refractivity contribution in [3.05, 3.63) is 65.7 Å². The Balaban J connectivity index is 1.76. The van der Waals surface area contributed by atoms with Gasteiger partial charge >= 0.3 is 0 Å². The fraction of sp³-hybridized carbons (Fsp3) is 0.133. The molecule has 2 N–H and O–H groups in total. The molecule has 106 valence electrons. The van der Waals surface area contributed by atoms with Gasteiger partial charge in [-0.05, 0) is 33.7 Å². The molecule has 1 heterocycles. The van der Waals surface area contributed by atoms with E-state index in [-0.39, 0.29) is 0 Å². The second-order valence-electron chi connectivity index (χ2n) is 4.52. The molecule has 0 radical (unpaired) electrons. The van der Waals surface area contributed by atoms with Gasteiger partial charge in [0.1, 0.15) is 0 Å². The van der Waals surface area contributed by atoms with Crippen LogP contribution in [0.1, 0.15) is 11.1 Å². The second kappa shape index (κ2) is 6.51. The monoisotopic (exact) mass is 297 g/mol. The van der Waals surface area contributed by atoms with Crippen LogP contribution in [-0.2, 0) is 12.3 Å². The van der Waals surface area contributed by atoms with E-state index in [0.29, 0.717) is 6.54 Å². The Morgan fingerprint density at radius 3 is 2.62 bits per heavy atom. The minimum Gasteiger partial charge on any atom is -0.326 e. The van der Waals surface area contributed by atoms with Gasteiger partial charge in [-0.15, -0.1) is 5.10 Å². The van der Waals surface area contributed by atoms with Crippen molar-refractivity contribution in [2.75, 3.05) is 0 Å². The van der Waals surface area contributed by atoms with Gasteiger partial charge in [0.05, 0.1) is 5.69 Å². The zero-order chi connectivity index (χ0) is 14.5. The van der Waals surface area contributed by atoms with Gasteiger partial charge in [0.15, 0.2) is 0 Å². The van der Waals surface area contributed by atoms with Crippen molar-refractivity contribution >= 4 is 11.8 Å². The topological polar surface area (TPSA) is 69.6 Å². The second-order valence-corrected chi connectivity index (χ2v) is 5.46. The number of aromatic nitrogens is 4. The van der Waals surface area contributed by atoms with E-state index in [2.05, 4.69) is 27.7 Å². The summed E-state index contributed by atoms with van der Waals surface area (Å²) in [6.07, 6.45) is 0. The predicted molar refractivity (Wildman–Crippen MR) is 83.0 cm³/mol. The lowest BCUT2D eigenvalue weighted by atomic mass is 10.1. The first-order valence-electron chi connectivity index (χ1n) is 6.61. The summed E-state index contributed by atoms with van der Waals surface area (Å²) in [4.78, 5) is 0. The minimum atomic E-state index is 0.556. The highest BCUT2D eigenvalue weighted by Gasteiger charge is 2.08. The maximum absolute atomic E-state index is 5.67. The molecule has 0 saturated carbocycles. The average molecular weight is 297 g/mol. The molecule has 3 aromatic rings. The Bertz CT molecular complexity index is 711. The number of hydrogen-bond donors (Lipinski definition) is 1. The van der Waals surface area contributed by atoms with Gasteiger partial charge in [-0.25, -0.2) is 0 Å². The summed E-state index contributed by atoms with van der Waals surface area (Å²) in [7, 11) is 0. The molecule has 0 unspecified atom stereocenters. The van der Waals surface area contributed by atoms with Gasteiger partial charge < -0.3 is 5.73 Å². The maximum atomic E-state index is 5.67. The largest absolute Gasteiger partial charge is 0.326 e. The molecule has 2 aromatic carbocycles. The van der Waals surface area contributed by atoms with Crippen molar-refractivity contribution < 1.29 is 0 Å². The SMILES string of the molecule is NCc1cccc(CSc2nnnn2-c2ccccc2)c1. The first-order chi connectivity index (χ1) is 10.4. The number of rotatable bonds is 5. The van der Waals surface area contributed by atoms with Gasteiger partial charge in [-0.3, -0.25) is 0 Å². The standard InChI is InChI=1S/C15H15N5S/c16-10-12-5-4-6-13(9-12)11-21-15-17-18-19-20(15)14-7-2-1-3-8-14/h1-9H,10-11,16H2. The van der Waals surface area contributed by atoms with Crippen molar-refractivity contribution in [2.45, 2.75) is 17.5 Å². The maximum Gasteiger partial charge on any atom is 0.214 e. The lowest BCUT2D eigenvalue weighted by Gasteiger charge is -2.05. The van der Waals surface area contributed by atoms with Crippen LogP contribution in [0.2, 0.25) is 0 Å². The molecular formula is C15H15N5S. The van der Waals surface area contributed by atoms with E-state index in [9.17, 15) is 0 Å². The molecule has 3 rings (SSSR count). The van der Waals surface area contributed by atoms with E-state index in [1.807, 2.05) is 42.5 Å². The molecule has 0 aliphatic heterocycles. The molecular weight excluding hydrogens is 282 g/mol. The highest BCUT2D eigenvalue weighted by atomic mass is 32.2. The van der Waals surface area contributed by atoms with E-state index in [1.54, 1.807) is 16.4 Å². The van der Waals surface area contributed by atoms with Crippen LogP contribution in [0.3, 0.4) is 0 Å². The van der Waals surface area contributed by atoms with Crippen LogP contribution < -0.4 is 5.73 Å². The zero-order valence-corrected chi connectivity index (χ0v) is 12.2. The molecule has 6 heteroatoms. The van der Waals surface area contributed by atoms with Gasteiger partial charge in [-0.2, -0.15) is 4.68 Å². The highest BCUT2D eigenvalue weighted by Crippen LogP contribution is 2.22. The summed E-state index contributed by atoms with van der Waals surface area (Å²) in [5.41, 5.74) is 8.97. The molecule has 0 fully saturated rings. The van der Waals surface area contributed by atoms with Crippen molar-refractivity contribution in [1.82, 2.24) is 20.2 Å². The number of nitrogens with zero attached hydrogens (tertiary/aromatic N) is 4. The number of para-hydroxylation sites is 1. The van der Waals surface area contributed by atoms with Gasteiger partial charge in [-0.1, -0.05) is 54.2 Å². The summed E-state index contributed by atoms with van der Waals surface area (Å²) in [5.74, 6) is 0.807. The van der Waals surface area contributed by atoms with E-state index in [0.717, 1.165) is 22.2 Å². The molecule has 0 amide bonds. The van der Waals surface area contributed by atoms with Crippen LogP contribution >= 0.6 is 11.8 Å². The summed E-state index contributed by atoms with van der Waals surface area (Å²) in [6, 6.07) is 18.1. The average Bonchev–Trinajstić information content (AvgIpc) is 3.02. The van der Waals surface area contributed by atoms with Crippen molar-refractivity contribution in [3.8, 4) is 5.69 Å². The van der Waals surface area contributed by atoms with E-state index in [1.165, 1.54) is 5.56 Å². The Hall–Kier alpha value is -2.18. The molecule has 1 aromatic heterocycles. The number of nitrogens with two attached hydrogens (primary N) is 1. The van der Waals surface area contributed by atoms with E-state index >= 15 is 0 Å². The van der Waals surface area contributed by atoms with Gasteiger partial charge in [0, 0.05) is 12.3 Å². The Morgan fingerprint density at radius 2 is 1.81 bits per heavy atom.